The number of non-ortho nitro benzene ring substituents is 4. The van der Waals surface area contributed by atoms with Crippen molar-refractivity contribution in [3.05, 3.63) is 133 Å². The average Bonchev–Trinajstić information content (AvgIpc) is 3.18. The molecule has 1 N–H and O–H groups in total. The first-order valence-corrected chi connectivity index (χ1v) is 19.2. The predicted octanol–water partition coefficient (Wildman–Crippen LogP) is 8.61. The van der Waals surface area contributed by atoms with Crippen LogP contribution in [0.5, 0.6) is 23.0 Å². The molecule has 0 spiro atoms. The number of hydrogen-bond acceptors (Lipinski definition) is 13. The van der Waals surface area contributed by atoms with Crippen molar-refractivity contribution >= 4 is 28.7 Å². The van der Waals surface area contributed by atoms with Gasteiger partial charge in [0.15, 0.2) is 0 Å². The number of rotatable bonds is 18. The Labute approximate surface area is 338 Å². The van der Waals surface area contributed by atoms with Crippen LogP contribution in [0.2, 0.25) is 0 Å². The topological polar surface area (TPSA) is 247 Å². The van der Waals surface area contributed by atoms with Gasteiger partial charge in [-0.25, -0.2) is 0 Å². The minimum Gasteiger partial charge on any atom is -0.493 e. The number of ether oxygens (including phenoxy) is 4. The molecule has 0 unspecified atom stereocenters. The Balaban J connectivity index is 1.95. The van der Waals surface area contributed by atoms with Gasteiger partial charge in [-0.3, -0.25) is 45.3 Å². The summed E-state index contributed by atoms with van der Waals surface area (Å²) in [7, 11) is 0. The van der Waals surface area contributed by atoms with Crippen molar-refractivity contribution in [2.24, 2.45) is 0 Å². The van der Waals surface area contributed by atoms with Crippen LogP contribution in [0.15, 0.2) is 48.5 Å². The van der Waals surface area contributed by atoms with Crippen LogP contribution >= 0.6 is 0 Å². The van der Waals surface area contributed by atoms with E-state index in [0.29, 0.717) is 30.4 Å². The highest BCUT2D eigenvalue weighted by molar-refractivity contribution is 5.66. The van der Waals surface area contributed by atoms with Gasteiger partial charge in [0.25, 0.3) is 22.7 Å². The smallest absolute Gasteiger partial charge is 0.303 e. The van der Waals surface area contributed by atoms with Crippen LogP contribution in [0.25, 0.3) is 0 Å². The second-order valence-electron chi connectivity index (χ2n) is 14.0. The molecule has 1 aliphatic carbocycles. The number of carbonyl (C=O) groups is 1. The van der Waals surface area contributed by atoms with Crippen LogP contribution in [-0.2, 0) is 30.5 Å². The maximum Gasteiger partial charge on any atom is 0.303 e. The molecule has 0 atom stereocenters. The van der Waals surface area contributed by atoms with Gasteiger partial charge in [0.05, 0.1) is 46.1 Å². The zero-order chi connectivity index (χ0) is 42.8. The number of hydrogen-bond donors (Lipinski definition) is 1. The largest absolute Gasteiger partial charge is 0.493 e. The first-order valence-electron chi connectivity index (χ1n) is 19.2. The third kappa shape index (κ3) is 10.6. The molecule has 4 aromatic carbocycles. The van der Waals surface area contributed by atoms with E-state index in [0.717, 1.165) is 0 Å². The standard InChI is InChI=1S/C41H44N4O14/c1-4-9-56-38-25-13-27-19-34(43(50)51)21-29(39(27)57-10-5-2)15-31-23-36(45(54)55)24-32(41(31)59-12-7-8-37(46)47)16-30-22-35(44(52)53)20-28(40(30)58-11-6-3)14-26(38)18-33(17-25)42(48)49/h17-24H,4-16H2,1-3H3,(H,46,47). The summed E-state index contributed by atoms with van der Waals surface area (Å²) in [4.78, 5) is 58.9. The van der Waals surface area contributed by atoms with Crippen LogP contribution in [0.1, 0.15) is 97.4 Å². The highest BCUT2D eigenvalue weighted by atomic mass is 16.6. The molecular weight excluding hydrogens is 772 g/mol. The Hall–Kier alpha value is -6.85. The zero-order valence-electron chi connectivity index (χ0n) is 32.9. The maximum atomic E-state index is 12.5. The molecule has 18 nitrogen and oxygen atoms in total. The van der Waals surface area contributed by atoms with E-state index >= 15 is 0 Å². The van der Waals surface area contributed by atoms with Gasteiger partial charge in [-0.05, 0) is 25.7 Å². The Morgan fingerprint density at radius 3 is 0.881 bits per heavy atom. The molecule has 0 fully saturated rings. The Kier molecular flexibility index (Phi) is 14.3. The molecule has 0 saturated carbocycles. The summed E-state index contributed by atoms with van der Waals surface area (Å²) < 4.78 is 25.1. The van der Waals surface area contributed by atoms with E-state index in [1.807, 2.05) is 20.8 Å². The lowest BCUT2D eigenvalue weighted by Crippen LogP contribution is -2.12. The van der Waals surface area contributed by atoms with Gasteiger partial charge in [-0.15, -0.1) is 0 Å². The maximum absolute atomic E-state index is 12.5. The summed E-state index contributed by atoms with van der Waals surface area (Å²) in [6, 6.07) is 10.4. The molecular formula is C41H44N4O14. The van der Waals surface area contributed by atoms with Crippen molar-refractivity contribution in [2.45, 2.75) is 78.6 Å². The summed E-state index contributed by atoms with van der Waals surface area (Å²) in [5.74, 6) is -0.249. The van der Waals surface area contributed by atoms with E-state index in [-0.39, 0.29) is 144 Å². The highest BCUT2D eigenvalue weighted by Crippen LogP contribution is 2.43. The van der Waals surface area contributed by atoms with E-state index in [1.165, 1.54) is 48.5 Å². The van der Waals surface area contributed by atoms with E-state index in [4.69, 9.17) is 18.9 Å². The molecule has 18 heteroatoms. The first-order chi connectivity index (χ1) is 28.2. The summed E-state index contributed by atoms with van der Waals surface area (Å²) in [5.41, 5.74) is 0.717. The monoisotopic (exact) mass is 816 g/mol. The molecule has 59 heavy (non-hydrogen) atoms. The van der Waals surface area contributed by atoms with Crippen LogP contribution < -0.4 is 18.9 Å². The molecule has 0 aromatic heterocycles. The van der Waals surface area contributed by atoms with Crippen molar-refractivity contribution in [3.63, 3.8) is 0 Å². The van der Waals surface area contributed by atoms with Gasteiger partial charge >= 0.3 is 5.97 Å². The predicted molar refractivity (Wildman–Crippen MR) is 213 cm³/mol. The number of nitro benzene ring substituents is 4. The van der Waals surface area contributed by atoms with E-state index in [1.54, 1.807) is 0 Å². The summed E-state index contributed by atoms with van der Waals surface area (Å²) in [6.07, 6.45) is 0.712. The van der Waals surface area contributed by atoms with Crippen LogP contribution in [0, 0.1) is 40.5 Å². The van der Waals surface area contributed by atoms with E-state index in [2.05, 4.69) is 0 Å². The highest BCUT2D eigenvalue weighted by Gasteiger charge is 2.29. The molecule has 0 saturated heterocycles. The zero-order valence-corrected chi connectivity index (χ0v) is 32.9. The minimum absolute atomic E-state index is 0.0646. The fraction of sp³-hybridized carbons (Fsp3) is 0.390. The molecule has 5 rings (SSSR count). The van der Waals surface area contributed by atoms with Gasteiger partial charge in [-0.1, -0.05) is 20.8 Å². The van der Waals surface area contributed by atoms with Gasteiger partial charge in [0.1, 0.15) is 23.0 Å². The van der Waals surface area contributed by atoms with Crippen molar-refractivity contribution in [1.82, 2.24) is 0 Å². The van der Waals surface area contributed by atoms with Gasteiger partial charge in [-0.2, -0.15) is 0 Å². The fourth-order valence-corrected chi connectivity index (χ4v) is 6.99. The average molecular weight is 817 g/mol. The minimum atomic E-state index is -1.07. The molecule has 1 aliphatic rings. The number of nitro groups is 4. The Bertz CT molecular complexity index is 2150. The summed E-state index contributed by atoms with van der Waals surface area (Å²) in [6.45, 7) is 6.00. The number of benzene rings is 4. The molecule has 4 aromatic rings. The Morgan fingerprint density at radius 1 is 0.475 bits per heavy atom. The lowest BCUT2D eigenvalue weighted by Gasteiger charge is -2.22. The first kappa shape index (κ1) is 43.3. The quantitative estimate of drug-likeness (QED) is 0.0494. The van der Waals surface area contributed by atoms with E-state index < -0.39 is 25.7 Å². The molecule has 0 radical (unpaired) electrons. The van der Waals surface area contributed by atoms with Crippen molar-refractivity contribution < 1.29 is 48.5 Å². The number of aliphatic carboxylic acids is 1. The van der Waals surface area contributed by atoms with Crippen LogP contribution in [0.4, 0.5) is 22.7 Å². The second-order valence-corrected chi connectivity index (χ2v) is 14.0. The third-order valence-corrected chi connectivity index (χ3v) is 9.41. The fourth-order valence-electron chi connectivity index (χ4n) is 6.99. The lowest BCUT2D eigenvalue weighted by atomic mass is 9.90. The van der Waals surface area contributed by atoms with Crippen LogP contribution in [-0.4, -0.2) is 57.2 Å². The summed E-state index contributed by atoms with van der Waals surface area (Å²) >= 11 is 0. The SMILES string of the molecule is CCCOc1c2cc([N+](=O)[O-])cc1Cc1cc([N+](=O)[O-])cc(c1OCCC)Cc1cc([N+](=O)[O-])cc(c1OCCCC(=O)O)Cc1cc([N+](=O)[O-])cc(c1OCCC)C2. The molecule has 0 aliphatic heterocycles. The Morgan fingerprint density at radius 2 is 0.695 bits per heavy atom. The van der Waals surface area contributed by atoms with Crippen molar-refractivity contribution in [3.8, 4) is 23.0 Å². The molecule has 0 amide bonds. The molecule has 8 bridgehead atoms. The van der Waals surface area contributed by atoms with E-state index in [9.17, 15) is 50.4 Å². The molecule has 0 heterocycles. The van der Waals surface area contributed by atoms with Crippen LogP contribution in [0.3, 0.4) is 0 Å². The van der Waals surface area contributed by atoms with Crippen molar-refractivity contribution in [1.29, 1.82) is 0 Å². The number of carboxylic acid groups (broad SMARTS) is 1. The van der Waals surface area contributed by atoms with Gasteiger partial charge < -0.3 is 24.1 Å². The second kappa shape index (κ2) is 19.5. The third-order valence-electron chi connectivity index (χ3n) is 9.41. The van der Waals surface area contributed by atoms with Crippen molar-refractivity contribution in [2.75, 3.05) is 26.4 Å². The molecule has 312 valence electrons. The normalized spacial score (nSPS) is 12.0. The van der Waals surface area contributed by atoms with Gasteiger partial charge in [0.2, 0.25) is 0 Å². The lowest BCUT2D eigenvalue weighted by molar-refractivity contribution is -0.385. The number of fused-ring (bicyclic) bond motifs is 8. The number of nitrogens with zero attached hydrogens (tertiary/aromatic N) is 4. The summed E-state index contributed by atoms with van der Waals surface area (Å²) in [5, 5.41) is 59.2. The number of carboxylic acids is 1. The van der Waals surface area contributed by atoms with Gasteiger partial charge in [0, 0.05) is 125 Å².